The van der Waals surface area contributed by atoms with Crippen LogP contribution in [0, 0.1) is 0 Å². The molecule has 0 bridgehead atoms. The number of rotatable bonds is 4. The van der Waals surface area contributed by atoms with Crippen LogP contribution in [-0.4, -0.2) is 24.4 Å². The fourth-order valence-corrected chi connectivity index (χ4v) is 1.69. The van der Waals surface area contributed by atoms with Crippen molar-refractivity contribution < 1.29 is 19.0 Å². The first-order valence-electron chi connectivity index (χ1n) is 5.68. The summed E-state index contributed by atoms with van der Waals surface area (Å²) in [6.45, 7) is 3.06. The van der Waals surface area contributed by atoms with Crippen LogP contribution < -0.4 is 4.74 Å². The Kier molecular flexibility index (Phi) is 2.53. The van der Waals surface area contributed by atoms with Crippen LogP contribution in [0.2, 0.25) is 0 Å². The van der Waals surface area contributed by atoms with Gasteiger partial charge in [0.1, 0.15) is 35.9 Å². The topological polar surface area (TPSA) is 55.1 Å². The molecule has 1 aliphatic heterocycles. The fraction of sp³-hybridized carbons (Fsp3) is 0.385. The average molecular weight is 234 g/mol. The molecule has 1 N–H and O–H groups in total. The van der Waals surface area contributed by atoms with Gasteiger partial charge in [-0.1, -0.05) is 0 Å². The van der Waals surface area contributed by atoms with E-state index in [-0.39, 0.29) is 6.10 Å². The number of hydrogen-bond donors (Lipinski definition) is 1. The molecule has 1 aromatic heterocycles. The highest BCUT2D eigenvalue weighted by atomic mass is 16.6. The van der Waals surface area contributed by atoms with E-state index in [0.717, 1.165) is 23.3 Å². The maximum absolute atomic E-state index is 9.44. The van der Waals surface area contributed by atoms with Crippen molar-refractivity contribution in [1.29, 1.82) is 0 Å². The number of ether oxygens (including phenoxy) is 2. The molecule has 1 saturated heterocycles. The van der Waals surface area contributed by atoms with Crippen molar-refractivity contribution in [1.82, 2.24) is 0 Å². The first-order chi connectivity index (χ1) is 8.22. The zero-order chi connectivity index (χ0) is 11.8. The molecule has 4 heteroatoms. The largest absolute Gasteiger partial charge is 0.491 e. The van der Waals surface area contributed by atoms with Crippen molar-refractivity contribution in [2.24, 2.45) is 0 Å². The lowest BCUT2D eigenvalue weighted by molar-refractivity contribution is 0.172. The molecular weight excluding hydrogens is 220 g/mol. The van der Waals surface area contributed by atoms with Gasteiger partial charge < -0.3 is 19.0 Å². The van der Waals surface area contributed by atoms with Gasteiger partial charge in [-0.25, -0.2) is 0 Å². The molecule has 0 amide bonds. The molecule has 0 radical (unpaired) electrons. The van der Waals surface area contributed by atoms with Crippen molar-refractivity contribution in [2.75, 3.05) is 13.2 Å². The first-order valence-corrected chi connectivity index (χ1v) is 5.68. The Labute approximate surface area is 98.7 Å². The molecule has 0 spiro atoms. The van der Waals surface area contributed by atoms with Gasteiger partial charge in [0.05, 0.1) is 6.61 Å². The maximum Gasteiger partial charge on any atom is 0.134 e. The lowest BCUT2D eigenvalue weighted by atomic mass is 10.2. The summed E-state index contributed by atoms with van der Waals surface area (Å²) in [4.78, 5) is 0. The molecule has 1 fully saturated rings. The molecular formula is C13H14O4. The molecule has 2 aromatic rings. The Hall–Kier alpha value is -1.52. The highest BCUT2D eigenvalue weighted by Crippen LogP contribution is 2.27. The van der Waals surface area contributed by atoms with Crippen LogP contribution in [0.3, 0.4) is 0 Å². The second kappa shape index (κ2) is 4.05. The standard InChI is InChI=1S/C13H14O4/c1-8(14)13-5-9-4-10(2-3-12(9)17-13)15-6-11-7-16-11/h2-5,8,11,14H,6-7H2,1H3. The smallest absolute Gasteiger partial charge is 0.134 e. The van der Waals surface area contributed by atoms with Crippen LogP contribution >= 0.6 is 0 Å². The van der Waals surface area contributed by atoms with Crippen LogP contribution in [-0.2, 0) is 4.74 Å². The highest BCUT2D eigenvalue weighted by molar-refractivity contribution is 5.79. The third-order valence-corrected chi connectivity index (χ3v) is 2.76. The van der Waals surface area contributed by atoms with Gasteiger partial charge >= 0.3 is 0 Å². The van der Waals surface area contributed by atoms with E-state index in [2.05, 4.69) is 0 Å². The Morgan fingerprint density at radius 3 is 3.00 bits per heavy atom. The maximum atomic E-state index is 9.44. The Bertz CT molecular complexity index is 525. The molecule has 2 atom stereocenters. The van der Waals surface area contributed by atoms with E-state index >= 15 is 0 Å². The normalized spacial score (nSPS) is 20.5. The van der Waals surface area contributed by atoms with E-state index < -0.39 is 6.10 Å². The molecule has 1 aliphatic rings. The second-order valence-electron chi connectivity index (χ2n) is 4.29. The molecule has 17 heavy (non-hydrogen) atoms. The minimum absolute atomic E-state index is 0.253. The zero-order valence-electron chi connectivity index (χ0n) is 9.55. The summed E-state index contributed by atoms with van der Waals surface area (Å²) < 4.78 is 16.1. The summed E-state index contributed by atoms with van der Waals surface area (Å²) in [6, 6.07) is 7.46. The third kappa shape index (κ3) is 2.28. The van der Waals surface area contributed by atoms with E-state index in [9.17, 15) is 5.11 Å². The Morgan fingerprint density at radius 1 is 1.47 bits per heavy atom. The SMILES string of the molecule is CC(O)c1cc2cc(OCC3CO3)ccc2o1. The van der Waals surface area contributed by atoms with Crippen LogP contribution in [0.5, 0.6) is 5.75 Å². The predicted octanol–water partition coefficient (Wildman–Crippen LogP) is 2.26. The monoisotopic (exact) mass is 234 g/mol. The zero-order valence-corrected chi connectivity index (χ0v) is 9.55. The van der Waals surface area contributed by atoms with Gasteiger partial charge in [0, 0.05) is 5.39 Å². The third-order valence-electron chi connectivity index (χ3n) is 2.76. The number of benzene rings is 1. The quantitative estimate of drug-likeness (QED) is 0.824. The second-order valence-corrected chi connectivity index (χ2v) is 4.29. The van der Waals surface area contributed by atoms with Crippen molar-refractivity contribution in [3.63, 3.8) is 0 Å². The fourth-order valence-electron chi connectivity index (χ4n) is 1.69. The number of aliphatic hydroxyl groups is 1. The Morgan fingerprint density at radius 2 is 2.29 bits per heavy atom. The molecule has 2 heterocycles. The number of furan rings is 1. The van der Waals surface area contributed by atoms with Gasteiger partial charge in [-0.2, -0.15) is 0 Å². The predicted molar refractivity (Wildman–Crippen MR) is 62.1 cm³/mol. The lowest BCUT2D eigenvalue weighted by Gasteiger charge is -2.02. The van der Waals surface area contributed by atoms with Gasteiger partial charge in [0.15, 0.2) is 0 Å². The van der Waals surface area contributed by atoms with Crippen LogP contribution in [0.25, 0.3) is 11.0 Å². The minimum atomic E-state index is -0.591. The molecule has 3 rings (SSSR count). The van der Waals surface area contributed by atoms with Crippen molar-refractivity contribution in [3.8, 4) is 5.75 Å². The van der Waals surface area contributed by atoms with Crippen LogP contribution in [0.1, 0.15) is 18.8 Å². The van der Waals surface area contributed by atoms with Crippen LogP contribution in [0.4, 0.5) is 0 Å². The summed E-state index contributed by atoms with van der Waals surface area (Å²) in [6.07, 6.45) is -0.338. The van der Waals surface area contributed by atoms with Gasteiger partial charge in [-0.3, -0.25) is 0 Å². The molecule has 0 saturated carbocycles. The molecule has 4 nitrogen and oxygen atoms in total. The molecule has 90 valence electrons. The van der Waals surface area contributed by atoms with Gasteiger partial charge in [-0.15, -0.1) is 0 Å². The van der Waals surface area contributed by atoms with E-state index in [4.69, 9.17) is 13.9 Å². The summed E-state index contributed by atoms with van der Waals surface area (Å²) >= 11 is 0. The van der Waals surface area contributed by atoms with E-state index in [0.29, 0.717) is 12.4 Å². The molecule has 2 unspecified atom stereocenters. The number of fused-ring (bicyclic) bond motifs is 1. The van der Waals surface area contributed by atoms with Gasteiger partial charge in [-0.05, 0) is 31.2 Å². The minimum Gasteiger partial charge on any atom is -0.491 e. The number of hydrogen-bond acceptors (Lipinski definition) is 4. The van der Waals surface area contributed by atoms with E-state index in [1.807, 2.05) is 24.3 Å². The summed E-state index contributed by atoms with van der Waals surface area (Å²) in [5.74, 6) is 1.37. The summed E-state index contributed by atoms with van der Waals surface area (Å²) in [5.41, 5.74) is 0.760. The number of epoxide rings is 1. The Balaban J connectivity index is 1.83. The van der Waals surface area contributed by atoms with Gasteiger partial charge in [0.25, 0.3) is 0 Å². The van der Waals surface area contributed by atoms with Crippen molar-refractivity contribution in [2.45, 2.75) is 19.1 Å². The van der Waals surface area contributed by atoms with Crippen LogP contribution in [0.15, 0.2) is 28.7 Å². The first kappa shape index (κ1) is 10.6. The van der Waals surface area contributed by atoms with E-state index in [1.165, 1.54) is 0 Å². The molecule has 1 aromatic carbocycles. The summed E-state index contributed by atoms with van der Waals surface area (Å²) in [5, 5.41) is 10.4. The van der Waals surface area contributed by atoms with Crippen molar-refractivity contribution >= 4 is 11.0 Å². The van der Waals surface area contributed by atoms with Gasteiger partial charge in [0.2, 0.25) is 0 Å². The van der Waals surface area contributed by atoms with E-state index in [1.54, 1.807) is 6.92 Å². The van der Waals surface area contributed by atoms with Crippen molar-refractivity contribution in [3.05, 3.63) is 30.0 Å². The number of aliphatic hydroxyl groups excluding tert-OH is 1. The lowest BCUT2D eigenvalue weighted by Crippen LogP contribution is -2.03. The summed E-state index contributed by atoms with van der Waals surface area (Å²) in [7, 11) is 0. The molecule has 0 aliphatic carbocycles. The highest BCUT2D eigenvalue weighted by Gasteiger charge is 2.23. The average Bonchev–Trinajstić information content (AvgIpc) is 3.03.